The zero-order valence-electron chi connectivity index (χ0n) is 15.7. The lowest BCUT2D eigenvalue weighted by molar-refractivity contribution is 0.490. The first-order valence-corrected chi connectivity index (χ1v) is 10.5. The van der Waals surface area contributed by atoms with Crippen LogP contribution in [0.2, 0.25) is 0 Å². The van der Waals surface area contributed by atoms with Crippen LogP contribution in [-0.2, 0) is 16.8 Å². The van der Waals surface area contributed by atoms with E-state index in [1.165, 1.54) is 0 Å². The van der Waals surface area contributed by atoms with Crippen LogP contribution in [0.3, 0.4) is 0 Å². The molecule has 0 unspecified atom stereocenters. The number of benzene rings is 2. The van der Waals surface area contributed by atoms with E-state index in [1.54, 1.807) is 42.5 Å². The average Bonchev–Trinajstić information content (AvgIpc) is 3.11. The van der Waals surface area contributed by atoms with E-state index in [1.807, 2.05) is 37.3 Å². The molecule has 0 aliphatic rings. The first-order chi connectivity index (χ1) is 13.9. The summed E-state index contributed by atoms with van der Waals surface area (Å²) < 4.78 is 31.4. The summed E-state index contributed by atoms with van der Waals surface area (Å²) in [6, 6.07) is 21.4. The lowest BCUT2D eigenvalue weighted by Crippen LogP contribution is -2.32. The van der Waals surface area contributed by atoms with E-state index in [9.17, 15) is 8.42 Å². The zero-order chi connectivity index (χ0) is 20.4. The smallest absolute Gasteiger partial charge is 0.303 e. The van der Waals surface area contributed by atoms with E-state index in [2.05, 4.69) is 10.3 Å². The van der Waals surface area contributed by atoms with Gasteiger partial charge in [0.05, 0.1) is 23.4 Å². The monoisotopic (exact) mass is 408 g/mol. The number of hydrogen-bond acceptors (Lipinski definition) is 5. The molecule has 148 valence electrons. The van der Waals surface area contributed by atoms with Gasteiger partial charge in [-0.25, -0.2) is 14.4 Å². The van der Waals surface area contributed by atoms with Crippen molar-refractivity contribution in [3.63, 3.8) is 0 Å². The van der Waals surface area contributed by atoms with Gasteiger partial charge in [0.15, 0.2) is 0 Å². The maximum Gasteiger partial charge on any atom is 0.303 e. The first-order valence-electron chi connectivity index (χ1n) is 8.99. The van der Waals surface area contributed by atoms with Crippen LogP contribution in [0.4, 0.5) is 17.2 Å². The summed E-state index contributed by atoms with van der Waals surface area (Å²) >= 11 is 0. The largest absolute Gasteiger partial charge is 0.465 e. The highest BCUT2D eigenvalue weighted by Gasteiger charge is 2.22. The Balaban J connectivity index is 1.72. The molecule has 4 rings (SSSR count). The number of fused-ring (bicyclic) bond motifs is 1. The maximum absolute atomic E-state index is 12.4. The van der Waals surface area contributed by atoms with Crippen molar-refractivity contribution in [1.82, 2.24) is 4.98 Å². The predicted molar refractivity (Wildman–Crippen MR) is 114 cm³/mol. The predicted octanol–water partition coefficient (Wildman–Crippen LogP) is 4.09. The van der Waals surface area contributed by atoms with E-state index in [-0.39, 0.29) is 0 Å². The lowest BCUT2D eigenvalue weighted by Gasteiger charge is -2.23. The highest BCUT2D eigenvalue weighted by molar-refractivity contribution is 7.90. The number of para-hydroxylation sites is 1. The van der Waals surface area contributed by atoms with Gasteiger partial charge in [-0.05, 0) is 55.5 Å². The third-order valence-electron chi connectivity index (χ3n) is 4.41. The second-order valence-corrected chi connectivity index (χ2v) is 7.95. The Morgan fingerprint density at radius 3 is 2.48 bits per heavy atom. The summed E-state index contributed by atoms with van der Waals surface area (Å²) in [4.78, 5) is 4.60. The minimum atomic E-state index is -4.04. The van der Waals surface area contributed by atoms with Gasteiger partial charge in [-0.3, -0.25) is 0 Å². The van der Waals surface area contributed by atoms with Gasteiger partial charge in [0, 0.05) is 5.39 Å². The molecule has 3 N–H and O–H groups in total. The number of aromatic nitrogens is 1. The summed E-state index contributed by atoms with van der Waals surface area (Å²) in [7, 11) is -4.04. The molecule has 2 aromatic carbocycles. The van der Waals surface area contributed by atoms with Gasteiger partial charge in [0.1, 0.15) is 17.3 Å². The Morgan fingerprint density at radius 2 is 1.79 bits per heavy atom. The lowest BCUT2D eigenvalue weighted by atomic mass is 10.1. The van der Waals surface area contributed by atoms with Crippen LogP contribution in [0.1, 0.15) is 11.5 Å². The molecule has 0 aliphatic heterocycles. The van der Waals surface area contributed by atoms with Crippen LogP contribution in [-0.4, -0.2) is 13.4 Å². The molecule has 0 bridgehead atoms. The molecule has 0 saturated heterocycles. The van der Waals surface area contributed by atoms with Crippen molar-refractivity contribution in [2.75, 3.05) is 9.62 Å². The highest BCUT2D eigenvalue weighted by Crippen LogP contribution is 2.33. The molecule has 2 heterocycles. The molecule has 0 aliphatic carbocycles. The molecule has 0 radical (unpaired) electrons. The van der Waals surface area contributed by atoms with Crippen molar-refractivity contribution in [3.8, 4) is 0 Å². The first kappa shape index (κ1) is 19.0. The van der Waals surface area contributed by atoms with Gasteiger partial charge in [-0.15, -0.1) is 0 Å². The number of nitrogens with one attached hydrogen (secondary N) is 1. The zero-order valence-corrected chi connectivity index (χ0v) is 16.6. The Kier molecular flexibility index (Phi) is 4.96. The van der Waals surface area contributed by atoms with Crippen LogP contribution in [0.25, 0.3) is 10.9 Å². The molecular weight excluding hydrogens is 388 g/mol. The molecule has 8 heteroatoms. The fourth-order valence-electron chi connectivity index (χ4n) is 3.16. The highest BCUT2D eigenvalue weighted by atomic mass is 32.2. The van der Waals surface area contributed by atoms with Gasteiger partial charge in [-0.2, -0.15) is 8.42 Å². The minimum Gasteiger partial charge on any atom is -0.465 e. The van der Waals surface area contributed by atoms with Gasteiger partial charge >= 0.3 is 10.2 Å². The molecule has 4 aromatic rings. The third-order valence-corrected chi connectivity index (χ3v) is 5.33. The molecule has 2 aromatic heterocycles. The number of aryl methyl sites for hydroxylation is 1. The summed E-state index contributed by atoms with van der Waals surface area (Å²) in [5, 5.41) is 9.42. The second kappa shape index (κ2) is 7.57. The standard InChI is InChI=1S/C21H20N4O3S/c1-15-10-11-17(28-15)14-23-21-13-12-18-19(24-21)8-5-9-20(18)25(29(22,26)27)16-6-3-2-4-7-16/h2-13H,14H2,1H3,(H,23,24)(H2,22,26,27). The summed E-state index contributed by atoms with van der Waals surface area (Å²) in [6.07, 6.45) is 0. The number of rotatable bonds is 6. The minimum absolute atomic E-state index is 0.442. The number of furan rings is 1. The molecule has 29 heavy (non-hydrogen) atoms. The summed E-state index contributed by atoms with van der Waals surface area (Å²) in [6.45, 7) is 2.39. The maximum atomic E-state index is 12.4. The van der Waals surface area contributed by atoms with Crippen LogP contribution < -0.4 is 14.8 Å². The molecular formula is C21H20N4O3S. The molecule has 0 fully saturated rings. The molecule has 0 saturated carbocycles. The number of nitrogens with two attached hydrogens (primary N) is 1. The van der Waals surface area contributed by atoms with Gasteiger partial charge in [0.2, 0.25) is 0 Å². The fraction of sp³-hybridized carbons (Fsp3) is 0.0952. The number of hydrogen-bond donors (Lipinski definition) is 2. The van der Waals surface area contributed by atoms with E-state index in [0.717, 1.165) is 15.8 Å². The van der Waals surface area contributed by atoms with Crippen LogP contribution >= 0.6 is 0 Å². The Morgan fingerprint density at radius 1 is 1.00 bits per heavy atom. The van der Waals surface area contributed by atoms with Crippen LogP contribution in [0.15, 0.2) is 77.2 Å². The topological polar surface area (TPSA) is 101 Å². The number of pyridine rings is 1. The van der Waals surface area contributed by atoms with E-state index in [4.69, 9.17) is 9.56 Å². The van der Waals surface area contributed by atoms with Crippen molar-refractivity contribution in [2.45, 2.75) is 13.5 Å². The van der Waals surface area contributed by atoms with E-state index < -0.39 is 10.2 Å². The van der Waals surface area contributed by atoms with Gasteiger partial charge in [-0.1, -0.05) is 24.3 Å². The second-order valence-electron chi connectivity index (χ2n) is 6.55. The fourth-order valence-corrected chi connectivity index (χ4v) is 4.01. The van der Waals surface area contributed by atoms with Crippen molar-refractivity contribution >= 4 is 38.3 Å². The Bertz CT molecular complexity index is 1250. The van der Waals surface area contributed by atoms with Crippen molar-refractivity contribution in [3.05, 3.63) is 84.3 Å². The van der Waals surface area contributed by atoms with Crippen molar-refractivity contribution in [1.29, 1.82) is 0 Å². The van der Waals surface area contributed by atoms with Crippen molar-refractivity contribution < 1.29 is 12.8 Å². The van der Waals surface area contributed by atoms with Crippen LogP contribution in [0.5, 0.6) is 0 Å². The van der Waals surface area contributed by atoms with Crippen LogP contribution in [0, 0.1) is 6.92 Å². The number of anilines is 3. The van der Waals surface area contributed by atoms with Gasteiger partial charge < -0.3 is 9.73 Å². The molecule has 0 atom stereocenters. The number of nitrogens with zero attached hydrogens (tertiary/aromatic N) is 2. The SMILES string of the molecule is Cc1ccc(CNc2ccc3c(N(c4ccccc4)S(N)(=O)=O)cccc3n2)o1. The quantitative estimate of drug-likeness (QED) is 0.500. The molecule has 7 nitrogen and oxygen atoms in total. The van der Waals surface area contributed by atoms with Crippen molar-refractivity contribution in [2.24, 2.45) is 5.14 Å². The average molecular weight is 408 g/mol. The van der Waals surface area contributed by atoms with Gasteiger partial charge in [0.25, 0.3) is 0 Å². The normalized spacial score (nSPS) is 11.5. The summed E-state index contributed by atoms with van der Waals surface area (Å²) in [5.74, 6) is 2.31. The Hall–Kier alpha value is -3.36. The molecule has 0 amide bonds. The summed E-state index contributed by atoms with van der Waals surface area (Å²) in [5.41, 5.74) is 1.54. The molecule has 0 spiro atoms. The van der Waals surface area contributed by atoms with E-state index >= 15 is 0 Å². The Labute approximate surface area is 169 Å². The van der Waals surface area contributed by atoms with E-state index in [0.29, 0.717) is 34.6 Å². The third kappa shape index (κ3) is 4.08.